The third kappa shape index (κ3) is 2.99. The van der Waals surface area contributed by atoms with E-state index in [2.05, 4.69) is 5.32 Å². The lowest BCUT2D eigenvalue weighted by Crippen LogP contribution is -2.00. The van der Waals surface area contributed by atoms with E-state index in [0.717, 1.165) is 34.2 Å². The van der Waals surface area contributed by atoms with Gasteiger partial charge in [0.25, 0.3) is 0 Å². The van der Waals surface area contributed by atoms with Crippen LogP contribution in [0.15, 0.2) is 42.5 Å². The molecular weight excluding hydrogens is 274 g/mol. The largest absolute Gasteiger partial charge is 0.490 e. The molecule has 4 heteroatoms. The Morgan fingerprint density at radius 1 is 1.00 bits per heavy atom. The van der Waals surface area contributed by atoms with Crippen molar-refractivity contribution in [3.05, 3.63) is 53.1 Å². The quantitative estimate of drug-likeness (QED) is 0.922. The van der Waals surface area contributed by atoms with E-state index in [1.54, 1.807) is 0 Å². The van der Waals surface area contributed by atoms with E-state index in [4.69, 9.17) is 21.1 Å². The zero-order chi connectivity index (χ0) is 13.8. The highest BCUT2D eigenvalue weighted by molar-refractivity contribution is 6.31. The molecule has 0 bridgehead atoms. The zero-order valence-electron chi connectivity index (χ0n) is 11.1. The lowest BCUT2D eigenvalue weighted by molar-refractivity contribution is 0.297. The van der Waals surface area contributed by atoms with E-state index >= 15 is 0 Å². The summed E-state index contributed by atoms with van der Waals surface area (Å²) < 4.78 is 11.3. The van der Waals surface area contributed by atoms with E-state index in [9.17, 15) is 0 Å². The van der Waals surface area contributed by atoms with Crippen LogP contribution < -0.4 is 14.8 Å². The molecule has 0 saturated heterocycles. The van der Waals surface area contributed by atoms with Gasteiger partial charge in [-0.05, 0) is 23.8 Å². The summed E-state index contributed by atoms with van der Waals surface area (Å²) in [6.07, 6.45) is 0.914. The third-order valence-corrected chi connectivity index (χ3v) is 3.56. The van der Waals surface area contributed by atoms with Crippen molar-refractivity contribution in [1.29, 1.82) is 0 Å². The van der Waals surface area contributed by atoms with E-state index < -0.39 is 0 Å². The minimum absolute atomic E-state index is 0.680. The van der Waals surface area contributed by atoms with Crippen LogP contribution in [-0.4, -0.2) is 13.2 Å². The molecule has 0 fully saturated rings. The molecular formula is C16H16ClNO2. The molecule has 2 aromatic rings. The number of hydrogen-bond donors (Lipinski definition) is 1. The van der Waals surface area contributed by atoms with Gasteiger partial charge in [0.05, 0.1) is 13.2 Å². The van der Waals surface area contributed by atoms with Gasteiger partial charge in [0.1, 0.15) is 0 Å². The van der Waals surface area contributed by atoms with E-state index in [-0.39, 0.29) is 0 Å². The highest BCUT2D eigenvalue weighted by Crippen LogP contribution is 2.32. The van der Waals surface area contributed by atoms with Crippen molar-refractivity contribution in [2.75, 3.05) is 18.5 Å². The van der Waals surface area contributed by atoms with Crippen LogP contribution in [0.2, 0.25) is 5.02 Å². The Morgan fingerprint density at radius 3 is 2.65 bits per heavy atom. The summed E-state index contributed by atoms with van der Waals surface area (Å²) in [6, 6.07) is 13.7. The van der Waals surface area contributed by atoms with Crippen LogP contribution >= 0.6 is 11.6 Å². The van der Waals surface area contributed by atoms with E-state index in [1.165, 1.54) is 0 Å². The van der Waals surface area contributed by atoms with Gasteiger partial charge in [0.15, 0.2) is 11.5 Å². The number of halogens is 1. The van der Waals surface area contributed by atoms with Crippen molar-refractivity contribution in [3.8, 4) is 11.5 Å². The highest BCUT2D eigenvalue weighted by Gasteiger charge is 2.10. The molecule has 20 heavy (non-hydrogen) atoms. The lowest BCUT2D eigenvalue weighted by Gasteiger charge is -2.11. The van der Waals surface area contributed by atoms with Crippen LogP contribution in [0.1, 0.15) is 12.0 Å². The molecule has 3 nitrogen and oxygen atoms in total. The Hall–Kier alpha value is -1.87. The first-order chi connectivity index (χ1) is 9.83. The van der Waals surface area contributed by atoms with Gasteiger partial charge in [-0.1, -0.05) is 29.8 Å². The fourth-order valence-corrected chi connectivity index (χ4v) is 2.31. The number of anilines is 1. The fraction of sp³-hybridized carbons (Fsp3) is 0.250. The zero-order valence-corrected chi connectivity index (χ0v) is 11.8. The number of ether oxygens (including phenoxy) is 2. The van der Waals surface area contributed by atoms with Crippen LogP contribution in [0.25, 0.3) is 0 Å². The predicted octanol–water partition coefficient (Wildman–Crippen LogP) is 4.11. The van der Waals surface area contributed by atoms with Crippen molar-refractivity contribution in [3.63, 3.8) is 0 Å². The van der Waals surface area contributed by atoms with Crippen LogP contribution in [0, 0.1) is 0 Å². The molecule has 104 valence electrons. The second-order valence-electron chi connectivity index (χ2n) is 4.66. The lowest BCUT2D eigenvalue weighted by atomic mass is 10.2. The first-order valence-corrected chi connectivity index (χ1v) is 7.08. The Kier molecular flexibility index (Phi) is 3.97. The maximum absolute atomic E-state index is 6.14. The number of nitrogens with one attached hydrogen (secondary N) is 1. The van der Waals surface area contributed by atoms with E-state index in [1.807, 2.05) is 42.5 Å². The Labute approximate surface area is 123 Å². The average Bonchev–Trinajstić information content (AvgIpc) is 2.71. The molecule has 0 unspecified atom stereocenters. The van der Waals surface area contributed by atoms with E-state index in [0.29, 0.717) is 19.8 Å². The number of rotatable bonds is 3. The molecule has 1 aliphatic heterocycles. The van der Waals surface area contributed by atoms with Crippen molar-refractivity contribution < 1.29 is 9.47 Å². The molecule has 2 aromatic carbocycles. The van der Waals surface area contributed by atoms with Gasteiger partial charge in [-0.2, -0.15) is 0 Å². The third-order valence-electron chi connectivity index (χ3n) is 3.19. The van der Waals surface area contributed by atoms with Gasteiger partial charge in [0.2, 0.25) is 0 Å². The number of hydrogen-bond acceptors (Lipinski definition) is 3. The SMILES string of the molecule is Clc1ccccc1CNc1ccc2c(c1)OCCCO2. The Balaban J connectivity index is 1.72. The summed E-state index contributed by atoms with van der Waals surface area (Å²) >= 11 is 6.14. The molecule has 3 rings (SSSR count). The number of benzene rings is 2. The van der Waals surface area contributed by atoms with Gasteiger partial charge >= 0.3 is 0 Å². The van der Waals surface area contributed by atoms with Gasteiger partial charge in [-0.3, -0.25) is 0 Å². The summed E-state index contributed by atoms with van der Waals surface area (Å²) in [6.45, 7) is 2.08. The van der Waals surface area contributed by atoms with Crippen LogP contribution in [0.5, 0.6) is 11.5 Å². The summed E-state index contributed by atoms with van der Waals surface area (Å²) in [4.78, 5) is 0. The summed E-state index contributed by atoms with van der Waals surface area (Å²) in [5, 5.41) is 4.12. The monoisotopic (exact) mass is 289 g/mol. The summed E-state index contributed by atoms with van der Waals surface area (Å²) in [5.74, 6) is 1.61. The van der Waals surface area contributed by atoms with Gasteiger partial charge in [-0.15, -0.1) is 0 Å². The maximum atomic E-state index is 6.14. The van der Waals surface area contributed by atoms with Gasteiger partial charge < -0.3 is 14.8 Å². The van der Waals surface area contributed by atoms with Crippen LogP contribution in [-0.2, 0) is 6.54 Å². The fourth-order valence-electron chi connectivity index (χ4n) is 2.11. The molecule has 0 aliphatic carbocycles. The minimum atomic E-state index is 0.680. The minimum Gasteiger partial charge on any atom is -0.490 e. The summed E-state index contributed by atoms with van der Waals surface area (Å²) in [7, 11) is 0. The number of fused-ring (bicyclic) bond motifs is 1. The molecule has 0 amide bonds. The molecule has 1 N–H and O–H groups in total. The second-order valence-corrected chi connectivity index (χ2v) is 5.06. The molecule has 1 heterocycles. The normalized spacial score (nSPS) is 13.7. The standard InChI is InChI=1S/C16H16ClNO2/c17-14-5-2-1-4-12(14)11-18-13-6-7-15-16(10-13)20-9-3-8-19-15/h1-2,4-7,10,18H,3,8-9,11H2. The predicted molar refractivity (Wildman–Crippen MR) is 80.8 cm³/mol. The van der Waals surface area contributed by atoms with Crippen LogP contribution in [0.4, 0.5) is 5.69 Å². The Bertz CT molecular complexity index is 601. The smallest absolute Gasteiger partial charge is 0.163 e. The molecule has 0 radical (unpaired) electrons. The molecule has 0 spiro atoms. The van der Waals surface area contributed by atoms with Gasteiger partial charge in [-0.25, -0.2) is 0 Å². The highest BCUT2D eigenvalue weighted by atomic mass is 35.5. The van der Waals surface area contributed by atoms with Crippen molar-refractivity contribution in [2.45, 2.75) is 13.0 Å². The van der Waals surface area contributed by atoms with Crippen molar-refractivity contribution >= 4 is 17.3 Å². The molecule has 0 aromatic heterocycles. The van der Waals surface area contributed by atoms with Crippen molar-refractivity contribution in [1.82, 2.24) is 0 Å². The molecule has 0 saturated carbocycles. The van der Waals surface area contributed by atoms with Crippen molar-refractivity contribution in [2.24, 2.45) is 0 Å². The van der Waals surface area contributed by atoms with Gasteiger partial charge in [0, 0.05) is 29.7 Å². The summed E-state index contributed by atoms with van der Waals surface area (Å²) in [5.41, 5.74) is 2.07. The first kappa shape index (κ1) is 13.1. The second kappa shape index (κ2) is 6.06. The molecule has 1 aliphatic rings. The molecule has 0 atom stereocenters. The maximum Gasteiger partial charge on any atom is 0.163 e. The first-order valence-electron chi connectivity index (χ1n) is 6.70. The average molecular weight is 290 g/mol. The van der Waals surface area contributed by atoms with Crippen LogP contribution in [0.3, 0.4) is 0 Å². The Morgan fingerprint density at radius 2 is 1.80 bits per heavy atom. The topological polar surface area (TPSA) is 30.5 Å².